The fourth-order valence-electron chi connectivity index (χ4n) is 5.75. The number of fused-ring (bicyclic) bond motifs is 1. The van der Waals surface area contributed by atoms with Gasteiger partial charge in [-0.1, -0.05) is 68.2 Å². The van der Waals surface area contributed by atoms with E-state index in [9.17, 15) is 9.59 Å². The van der Waals surface area contributed by atoms with Gasteiger partial charge in [-0.3, -0.25) is 14.6 Å². The summed E-state index contributed by atoms with van der Waals surface area (Å²) in [6.45, 7) is 6.11. The number of benzene rings is 2. The van der Waals surface area contributed by atoms with Crippen LogP contribution in [0.3, 0.4) is 0 Å². The molecule has 2 aliphatic rings. The lowest BCUT2D eigenvalue weighted by Crippen LogP contribution is -2.53. The Kier molecular flexibility index (Phi) is 8.10. The van der Waals surface area contributed by atoms with Crippen LogP contribution in [0.5, 0.6) is 0 Å². The third kappa shape index (κ3) is 5.70. The maximum Gasteiger partial charge on any atom is 0.245 e. The molecule has 6 rings (SSSR count). The van der Waals surface area contributed by atoms with Crippen LogP contribution in [-0.2, 0) is 9.59 Å². The first-order chi connectivity index (χ1) is 20.4. The van der Waals surface area contributed by atoms with Gasteiger partial charge in [0, 0.05) is 53.7 Å². The summed E-state index contributed by atoms with van der Waals surface area (Å²) in [7, 11) is 0. The molecule has 0 saturated carbocycles. The van der Waals surface area contributed by atoms with Crippen LogP contribution in [0.1, 0.15) is 56.7 Å². The molecule has 0 spiro atoms. The molecular weight excluding hydrogens is 559 g/mol. The van der Waals surface area contributed by atoms with Crippen molar-refractivity contribution in [2.45, 2.75) is 52.1 Å². The number of allylic oxidation sites excluding steroid dienone is 1. The molecule has 0 bridgehead atoms. The molecule has 2 aromatic carbocycles. The number of nitrogens with one attached hydrogen (secondary N) is 1. The second-order valence-electron chi connectivity index (χ2n) is 11.2. The van der Waals surface area contributed by atoms with E-state index in [2.05, 4.69) is 52.2 Å². The van der Waals surface area contributed by atoms with Crippen molar-refractivity contribution < 1.29 is 9.59 Å². The summed E-state index contributed by atoms with van der Waals surface area (Å²) < 4.78 is 2.52. The molecule has 7 heteroatoms. The number of likely N-dealkylation sites (tertiary alicyclic amines) is 1. The Labute approximate surface area is 255 Å². The van der Waals surface area contributed by atoms with E-state index in [1.54, 1.807) is 22.7 Å². The first kappa shape index (κ1) is 28.1. The quantitative estimate of drug-likeness (QED) is 0.238. The van der Waals surface area contributed by atoms with Crippen molar-refractivity contribution in [3.8, 4) is 23.0 Å². The molecule has 0 radical (unpaired) electrons. The van der Waals surface area contributed by atoms with Crippen LogP contribution in [0, 0.1) is 17.8 Å². The highest BCUT2D eigenvalue weighted by Crippen LogP contribution is 2.40. The average molecular weight is 592 g/mol. The first-order valence-electron chi connectivity index (χ1n) is 14.4. The van der Waals surface area contributed by atoms with Gasteiger partial charge in [0.15, 0.2) is 0 Å². The Bertz CT molecular complexity index is 1750. The van der Waals surface area contributed by atoms with Gasteiger partial charge in [0.25, 0.3) is 0 Å². The summed E-state index contributed by atoms with van der Waals surface area (Å²) in [5.74, 6) is 6.48. The zero-order chi connectivity index (χ0) is 29.2. The maximum absolute atomic E-state index is 13.4. The standard InChI is InChI=1S/C35H33N3O2S2/c1-22(2)32(37-23(3)39)35(40)38-17-7-10-31(38)30-18-28(19-36-30)25-13-15-26(16-14-25)29-21-42-33-27(20-41-34(29)33)12-11-24-8-5-4-6-9-24/h4-6,8-9,13-16,19-22,31-32H,7,10,17-18H2,1-3H3,(H,37,39)/t31?,32-/m0/s1. The number of carbonyl (C=O) groups excluding carboxylic acids is 2. The van der Waals surface area contributed by atoms with E-state index in [1.807, 2.05) is 55.3 Å². The van der Waals surface area contributed by atoms with Gasteiger partial charge in [0.1, 0.15) is 6.04 Å². The molecule has 1 fully saturated rings. The summed E-state index contributed by atoms with van der Waals surface area (Å²) in [5.41, 5.74) is 7.91. The molecule has 1 unspecified atom stereocenters. The summed E-state index contributed by atoms with van der Waals surface area (Å²) >= 11 is 3.51. The molecule has 2 aromatic heterocycles. The number of carbonyl (C=O) groups is 2. The molecule has 1 saturated heterocycles. The second-order valence-corrected chi connectivity index (χ2v) is 13.0. The van der Waals surface area contributed by atoms with E-state index in [1.165, 1.54) is 33.0 Å². The van der Waals surface area contributed by atoms with Crippen LogP contribution in [0.2, 0.25) is 0 Å². The van der Waals surface area contributed by atoms with Crippen LogP contribution in [-0.4, -0.2) is 41.1 Å². The smallest absolute Gasteiger partial charge is 0.245 e. The molecule has 0 aliphatic carbocycles. The predicted octanol–water partition coefficient (Wildman–Crippen LogP) is 7.37. The molecule has 2 amide bonds. The molecule has 5 nitrogen and oxygen atoms in total. The Morgan fingerprint density at radius 1 is 0.976 bits per heavy atom. The lowest BCUT2D eigenvalue weighted by Gasteiger charge is -2.31. The van der Waals surface area contributed by atoms with Crippen molar-refractivity contribution in [3.05, 3.63) is 88.2 Å². The van der Waals surface area contributed by atoms with Crippen LogP contribution in [0.4, 0.5) is 0 Å². The van der Waals surface area contributed by atoms with Gasteiger partial charge in [-0.05, 0) is 47.6 Å². The van der Waals surface area contributed by atoms with Crippen molar-refractivity contribution in [3.63, 3.8) is 0 Å². The van der Waals surface area contributed by atoms with E-state index in [0.29, 0.717) is 6.54 Å². The molecule has 4 aromatic rings. The predicted molar refractivity (Wildman–Crippen MR) is 175 cm³/mol. The van der Waals surface area contributed by atoms with Crippen LogP contribution in [0.25, 0.3) is 26.1 Å². The molecule has 2 aliphatic heterocycles. The minimum atomic E-state index is -0.510. The SMILES string of the molecule is CC(=O)N[C@H](C(=O)N1CCCC1C1=NC=C(c2ccc(-c3csc4c(C#Cc5ccccc5)csc34)cc2)C1)C(C)C. The number of aliphatic imine (C=N–C) groups is 1. The monoisotopic (exact) mass is 591 g/mol. The van der Waals surface area contributed by atoms with Gasteiger partial charge in [0.2, 0.25) is 11.8 Å². The van der Waals surface area contributed by atoms with E-state index >= 15 is 0 Å². The lowest BCUT2D eigenvalue weighted by atomic mass is 9.96. The Hall–Kier alpha value is -3.99. The second kappa shape index (κ2) is 12.1. The van der Waals surface area contributed by atoms with Crippen molar-refractivity contribution >= 4 is 55.2 Å². The number of hydrogen-bond acceptors (Lipinski definition) is 5. The van der Waals surface area contributed by atoms with Crippen molar-refractivity contribution in [1.29, 1.82) is 0 Å². The Morgan fingerprint density at radius 3 is 2.45 bits per heavy atom. The van der Waals surface area contributed by atoms with Crippen molar-refractivity contribution in [2.24, 2.45) is 10.9 Å². The highest BCUT2D eigenvalue weighted by Gasteiger charge is 2.38. The molecule has 4 heterocycles. The molecular formula is C35H33N3O2S2. The van der Waals surface area contributed by atoms with Crippen LogP contribution >= 0.6 is 22.7 Å². The topological polar surface area (TPSA) is 61.8 Å². The molecule has 2 atom stereocenters. The number of rotatable bonds is 6. The maximum atomic E-state index is 13.4. The zero-order valence-corrected chi connectivity index (χ0v) is 25.6. The fourth-order valence-corrected chi connectivity index (χ4v) is 8.06. The van der Waals surface area contributed by atoms with E-state index in [-0.39, 0.29) is 23.8 Å². The van der Waals surface area contributed by atoms with Crippen LogP contribution in [0.15, 0.2) is 76.5 Å². The largest absolute Gasteiger partial charge is 0.344 e. The van der Waals surface area contributed by atoms with Crippen molar-refractivity contribution in [1.82, 2.24) is 10.2 Å². The minimum absolute atomic E-state index is 0.00642. The van der Waals surface area contributed by atoms with Gasteiger partial charge >= 0.3 is 0 Å². The van der Waals surface area contributed by atoms with Gasteiger partial charge in [-0.15, -0.1) is 22.7 Å². The van der Waals surface area contributed by atoms with Gasteiger partial charge in [-0.2, -0.15) is 0 Å². The average Bonchev–Trinajstić information content (AvgIpc) is 3.80. The van der Waals surface area contributed by atoms with Crippen molar-refractivity contribution in [2.75, 3.05) is 6.54 Å². The molecule has 212 valence electrons. The van der Waals surface area contributed by atoms with E-state index in [4.69, 9.17) is 4.99 Å². The summed E-state index contributed by atoms with van der Waals surface area (Å²) in [6.07, 6.45) is 4.54. The molecule has 42 heavy (non-hydrogen) atoms. The van der Waals surface area contributed by atoms with Gasteiger partial charge < -0.3 is 10.2 Å². The third-order valence-corrected chi connectivity index (χ3v) is 10.1. The third-order valence-electron chi connectivity index (χ3n) is 7.94. The normalized spacial score (nSPS) is 17.1. The van der Waals surface area contributed by atoms with E-state index < -0.39 is 6.04 Å². The highest BCUT2D eigenvalue weighted by atomic mass is 32.1. The summed E-state index contributed by atoms with van der Waals surface area (Å²) in [6, 6.07) is 18.3. The summed E-state index contributed by atoms with van der Waals surface area (Å²) in [4.78, 5) is 31.9. The summed E-state index contributed by atoms with van der Waals surface area (Å²) in [5, 5.41) is 7.25. The van der Waals surface area contributed by atoms with Gasteiger partial charge in [-0.25, -0.2) is 0 Å². The Balaban J connectivity index is 1.14. The zero-order valence-electron chi connectivity index (χ0n) is 24.0. The lowest BCUT2D eigenvalue weighted by molar-refractivity contribution is -0.137. The number of thiophene rings is 2. The Morgan fingerprint density at radius 2 is 1.71 bits per heavy atom. The molecule has 1 N–H and O–H groups in total. The highest BCUT2D eigenvalue weighted by molar-refractivity contribution is 7.27. The van der Waals surface area contributed by atoms with E-state index in [0.717, 1.165) is 41.7 Å². The number of nitrogens with zero attached hydrogens (tertiary/aromatic N) is 2. The number of amides is 2. The fraction of sp³-hybridized carbons (Fsp3) is 0.286. The number of hydrogen-bond donors (Lipinski definition) is 1. The minimum Gasteiger partial charge on any atom is -0.344 e. The van der Waals surface area contributed by atoms with Gasteiger partial charge in [0.05, 0.1) is 21.0 Å². The van der Waals surface area contributed by atoms with Crippen LogP contribution < -0.4 is 5.32 Å². The first-order valence-corrected chi connectivity index (χ1v) is 16.1.